The molecule has 0 spiro atoms. The normalized spacial score (nSPS) is 11.5. The number of fused-ring (bicyclic) bond motifs is 1. The second-order valence-corrected chi connectivity index (χ2v) is 11.0. The molecule has 0 amide bonds. The molecule has 0 aliphatic heterocycles. The molecular weight excluding hydrogens is 559 g/mol. The number of hydrogen-bond acceptors (Lipinski definition) is 4. The van der Waals surface area contributed by atoms with E-state index in [9.17, 15) is 18.0 Å². The Hall–Kier alpha value is -4.43. The van der Waals surface area contributed by atoms with E-state index in [4.69, 9.17) is 9.52 Å². The first-order valence-corrected chi connectivity index (χ1v) is 14.2. The molecule has 1 N–H and O–H groups in total. The molecule has 5 rings (SSSR count). The molecular formula is C34H28F3NO3S. The molecule has 5 aromatic rings. The van der Waals surface area contributed by atoms with Crippen LogP contribution in [0.4, 0.5) is 13.2 Å². The van der Waals surface area contributed by atoms with E-state index in [1.165, 1.54) is 17.8 Å². The van der Waals surface area contributed by atoms with Gasteiger partial charge < -0.3 is 14.4 Å². The molecule has 4 nitrogen and oxygen atoms in total. The average molecular weight is 588 g/mol. The molecule has 0 aliphatic rings. The molecule has 0 radical (unpaired) electrons. The van der Waals surface area contributed by atoms with Crippen LogP contribution in [0.15, 0.2) is 113 Å². The molecule has 0 atom stereocenters. The third kappa shape index (κ3) is 6.71. The van der Waals surface area contributed by atoms with Crippen molar-refractivity contribution in [1.29, 1.82) is 0 Å². The lowest BCUT2D eigenvalue weighted by molar-refractivity contribution is -0.153. The van der Waals surface area contributed by atoms with Gasteiger partial charge in [0.25, 0.3) is 0 Å². The number of alkyl halides is 3. The molecule has 0 aliphatic carbocycles. The minimum absolute atomic E-state index is 0.0155. The van der Waals surface area contributed by atoms with Crippen molar-refractivity contribution < 1.29 is 27.5 Å². The number of carbonyl (C=O) groups is 1. The van der Waals surface area contributed by atoms with Crippen LogP contribution in [0.3, 0.4) is 0 Å². The van der Waals surface area contributed by atoms with Gasteiger partial charge >= 0.3 is 12.1 Å². The number of aryl methyl sites for hydroxylation is 1. The van der Waals surface area contributed by atoms with Crippen LogP contribution in [0.25, 0.3) is 27.6 Å². The summed E-state index contributed by atoms with van der Waals surface area (Å²) in [5.74, 6) is -1.73. The highest BCUT2D eigenvalue weighted by atomic mass is 32.2. The van der Waals surface area contributed by atoms with Gasteiger partial charge in [0.1, 0.15) is 5.76 Å². The number of hydrogen-bond donors (Lipinski definition) is 1. The molecule has 0 saturated carbocycles. The zero-order valence-corrected chi connectivity index (χ0v) is 23.6. The Morgan fingerprint density at radius 3 is 2.38 bits per heavy atom. The number of benzene rings is 4. The molecule has 0 fully saturated rings. The quantitative estimate of drug-likeness (QED) is 0.165. The highest BCUT2D eigenvalue weighted by Gasteiger charge is 2.35. The third-order valence-electron chi connectivity index (χ3n) is 6.95. The monoisotopic (exact) mass is 587 g/mol. The van der Waals surface area contributed by atoms with Crippen molar-refractivity contribution in [2.24, 2.45) is 0 Å². The predicted molar refractivity (Wildman–Crippen MR) is 161 cm³/mol. The van der Waals surface area contributed by atoms with Crippen LogP contribution < -0.4 is 0 Å². The number of furan rings is 1. The topological polar surface area (TPSA) is 53.7 Å². The van der Waals surface area contributed by atoms with E-state index in [0.29, 0.717) is 12.2 Å². The average Bonchev–Trinajstić information content (AvgIpc) is 3.45. The van der Waals surface area contributed by atoms with Gasteiger partial charge in [0.05, 0.1) is 12.3 Å². The van der Waals surface area contributed by atoms with Crippen LogP contribution in [0, 0.1) is 6.92 Å². The van der Waals surface area contributed by atoms with Crippen molar-refractivity contribution in [2.45, 2.75) is 31.1 Å². The maximum absolute atomic E-state index is 13.3. The van der Waals surface area contributed by atoms with Gasteiger partial charge in [-0.2, -0.15) is 13.2 Å². The summed E-state index contributed by atoms with van der Waals surface area (Å²) in [6, 6.07) is 29.9. The molecule has 1 heterocycles. The van der Waals surface area contributed by atoms with Crippen molar-refractivity contribution in [2.75, 3.05) is 5.75 Å². The minimum Gasteiger partial charge on any atom is -0.481 e. The summed E-state index contributed by atoms with van der Waals surface area (Å²) >= 11 is 1.26. The van der Waals surface area contributed by atoms with Gasteiger partial charge in [0.2, 0.25) is 5.76 Å². The Morgan fingerprint density at radius 2 is 1.67 bits per heavy atom. The molecule has 0 unspecified atom stereocenters. The zero-order chi connectivity index (χ0) is 29.9. The Kier molecular flexibility index (Phi) is 8.45. The van der Waals surface area contributed by atoms with Crippen LogP contribution in [-0.4, -0.2) is 21.7 Å². The summed E-state index contributed by atoms with van der Waals surface area (Å²) in [6.07, 6.45) is -4.56. The highest BCUT2D eigenvalue weighted by Crippen LogP contribution is 2.34. The van der Waals surface area contributed by atoms with Crippen LogP contribution in [-0.2, 0) is 24.1 Å². The molecule has 0 bridgehead atoms. The summed E-state index contributed by atoms with van der Waals surface area (Å²) in [5, 5.41) is 11.0. The Labute approximate surface area is 246 Å². The summed E-state index contributed by atoms with van der Waals surface area (Å²) < 4.78 is 45.0. The number of carboxylic acids is 1. The molecule has 214 valence electrons. The molecule has 0 saturated heterocycles. The summed E-state index contributed by atoms with van der Waals surface area (Å²) in [4.78, 5) is 13.7. The largest absolute Gasteiger partial charge is 0.481 e. The zero-order valence-electron chi connectivity index (χ0n) is 22.8. The second kappa shape index (κ2) is 12.2. The van der Waals surface area contributed by atoms with Crippen molar-refractivity contribution in [3.05, 3.63) is 132 Å². The Morgan fingerprint density at radius 1 is 0.905 bits per heavy atom. The number of halogens is 3. The first-order valence-electron chi connectivity index (χ1n) is 13.2. The van der Waals surface area contributed by atoms with E-state index in [-0.39, 0.29) is 18.1 Å². The summed E-state index contributed by atoms with van der Waals surface area (Å²) in [5.41, 5.74) is 5.49. The fourth-order valence-corrected chi connectivity index (χ4v) is 5.58. The van der Waals surface area contributed by atoms with Gasteiger partial charge in [-0.1, -0.05) is 79.4 Å². The fraction of sp³-hybridized carbons (Fsp3) is 0.147. The lowest BCUT2D eigenvalue weighted by Crippen LogP contribution is -2.21. The van der Waals surface area contributed by atoms with Crippen LogP contribution in [0.5, 0.6) is 0 Å². The summed E-state index contributed by atoms with van der Waals surface area (Å²) in [6.45, 7) is 6.89. The SMILES string of the molecule is C=C(c1c(C)ccc2ccccc12)N(Cc1ccc(-c2cccc(SCC(=O)O)c2)cc1)Cc1ccc(C(F)(F)F)o1. The predicted octanol–water partition coefficient (Wildman–Crippen LogP) is 9.28. The van der Waals surface area contributed by atoms with Gasteiger partial charge in [0.15, 0.2) is 0 Å². The minimum atomic E-state index is -4.56. The Balaban J connectivity index is 1.45. The van der Waals surface area contributed by atoms with E-state index >= 15 is 0 Å². The first-order chi connectivity index (χ1) is 20.1. The molecule has 8 heteroatoms. The number of aliphatic carboxylic acids is 1. The van der Waals surface area contributed by atoms with E-state index in [2.05, 4.69) is 6.58 Å². The van der Waals surface area contributed by atoms with Gasteiger partial charge in [-0.25, -0.2) is 0 Å². The van der Waals surface area contributed by atoms with Gasteiger partial charge in [-0.3, -0.25) is 4.79 Å². The van der Waals surface area contributed by atoms with Gasteiger partial charge in [-0.05, 0) is 64.2 Å². The molecule has 42 heavy (non-hydrogen) atoms. The van der Waals surface area contributed by atoms with Crippen molar-refractivity contribution in [1.82, 2.24) is 4.90 Å². The Bertz CT molecular complexity index is 1740. The lowest BCUT2D eigenvalue weighted by atomic mass is 9.96. The lowest BCUT2D eigenvalue weighted by Gasteiger charge is -2.28. The van der Waals surface area contributed by atoms with Crippen molar-refractivity contribution in [3.8, 4) is 11.1 Å². The van der Waals surface area contributed by atoms with Crippen LogP contribution >= 0.6 is 11.8 Å². The van der Waals surface area contributed by atoms with Crippen LogP contribution in [0.2, 0.25) is 0 Å². The molecule has 4 aromatic carbocycles. The number of carboxylic acid groups (broad SMARTS) is 1. The smallest absolute Gasteiger partial charge is 0.449 e. The number of rotatable bonds is 10. The van der Waals surface area contributed by atoms with E-state index < -0.39 is 17.9 Å². The van der Waals surface area contributed by atoms with E-state index in [1.807, 2.05) is 96.8 Å². The maximum Gasteiger partial charge on any atom is 0.449 e. The standard InChI is InChI=1S/C34H28F3NO3S/c1-22-10-13-26-6-3-4-9-30(26)33(22)23(2)38(20-28-16-17-31(41-28)34(35,36)37)19-24-11-14-25(15-12-24)27-7-5-8-29(18-27)42-21-32(39)40/h3-18H,2,19-21H2,1H3,(H,39,40). The second-order valence-electron chi connectivity index (χ2n) is 9.95. The molecule has 1 aromatic heterocycles. The third-order valence-corrected chi connectivity index (χ3v) is 7.93. The van der Waals surface area contributed by atoms with Gasteiger partial charge in [0, 0.05) is 22.7 Å². The van der Waals surface area contributed by atoms with E-state index in [0.717, 1.165) is 49.6 Å². The first kappa shape index (κ1) is 29.1. The summed E-state index contributed by atoms with van der Waals surface area (Å²) in [7, 11) is 0. The number of nitrogens with zero attached hydrogens (tertiary/aromatic N) is 1. The van der Waals surface area contributed by atoms with E-state index in [1.54, 1.807) is 0 Å². The van der Waals surface area contributed by atoms with Crippen molar-refractivity contribution >= 4 is 34.2 Å². The van der Waals surface area contributed by atoms with Crippen molar-refractivity contribution in [3.63, 3.8) is 0 Å². The fourth-order valence-electron chi connectivity index (χ4n) is 4.91. The van der Waals surface area contributed by atoms with Gasteiger partial charge in [-0.15, -0.1) is 11.8 Å². The highest BCUT2D eigenvalue weighted by molar-refractivity contribution is 8.00. The number of thioether (sulfide) groups is 1. The maximum atomic E-state index is 13.3. The van der Waals surface area contributed by atoms with Crippen LogP contribution in [0.1, 0.15) is 28.2 Å².